The largest absolute Gasteiger partial charge is 0.338 e. The Morgan fingerprint density at radius 2 is 2.04 bits per heavy atom. The van der Waals surface area contributed by atoms with E-state index in [2.05, 4.69) is 21.9 Å². The second-order valence-electron chi connectivity index (χ2n) is 6.65. The van der Waals surface area contributed by atoms with Crippen molar-refractivity contribution in [1.29, 1.82) is 0 Å². The van der Waals surface area contributed by atoms with Crippen LogP contribution in [0.3, 0.4) is 0 Å². The second kappa shape index (κ2) is 6.77. The van der Waals surface area contributed by atoms with Gasteiger partial charge in [-0.3, -0.25) is 14.2 Å². The molecule has 0 spiro atoms. The number of amides is 1. The van der Waals surface area contributed by atoms with Gasteiger partial charge in [-0.2, -0.15) is 0 Å². The molecule has 0 N–H and O–H groups in total. The van der Waals surface area contributed by atoms with Crippen LogP contribution in [0.4, 0.5) is 0 Å². The van der Waals surface area contributed by atoms with Gasteiger partial charge in [0.25, 0.3) is 5.56 Å². The number of carbonyl (C=O) groups is 1. The monoisotopic (exact) mass is 371 g/mol. The first kappa shape index (κ1) is 17.1. The van der Waals surface area contributed by atoms with E-state index in [9.17, 15) is 9.59 Å². The summed E-state index contributed by atoms with van der Waals surface area (Å²) in [4.78, 5) is 39.7. The normalized spacial score (nSPS) is 17.1. The average molecular weight is 371 g/mol. The minimum Gasteiger partial charge on any atom is -0.338 e. The number of piperazine rings is 1. The van der Waals surface area contributed by atoms with E-state index in [1.807, 2.05) is 24.0 Å². The van der Waals surface area contributed by atoms with Crippen LogP contribution in [0.1, 0.15) is 19.4 Å². The van der Waals surface area contributed by atoms with E-state index in [4.69, 9.17) is 0 Å². The fourth-order valence-corrected chi connectivity index (χ4v) is 4.47. The number of rotatable bonds is 3. The SMILES string of the molecule is CC[C@@H](C(=O)N1CCN(C)CC1)n1cnc2c(sc3ncccc32)c1=O. The van der Waals surface area contributed by atoms with Gasteiger partial charge in [-0.05, 0) is 25.6 Å². The van der Waals surface area contributed by atoms with E-state index in [0.717, 1.165) is 23.3 Å². The van der Waals surface area contributed by atoms with Crippen molar-refractivity contribution in [2.75, 3.05) is 33.2 Å². The van der Waals surface area contributed by atoms with Gasteiger partial charge in [0.15, 0.2) is 0 Å². The number of pyridine rings is 1. The average Bonchev–Trinajstić information content (AvgIpc) is 3.04. The summed E-state index contributed by atoms with van der Waals surface area (Å²) in [7, 11) is 2.05. The summed E-state index contributed by atoms with van der Waals surface area (Å²) in [6.45, 7) is 5.04. The molecule has 1 amide bonds. The molecule has 3 aromatic heterocycles. The fraction of sp³-hybridized carbons (Fsp3) is 0.444. The molecule has 1 atom stereocenters. The first-order valence-corrected chi connectivity index (χ1v) is 9.63. The fourth-order valence-electron chi connectivity index (χ4n) is 3.43. The van der Waals surface area contributed by atoms with Gasteiger partial charge in [0.05, 0.1) is 11.8 Å². The lowest BCUT2D eigenvalue weighted by Gasteiger charge is -2.34. The Balaban J connectivity index is 1.74. The van der Waals surface area contributed by atoms with Gasteiger partial charge in [-0.15, -0.1) is 11.3 Å². The number of thiophene rings is 1. The summed E-state index contributed by atoms with van der Waals surface area (Å²) in [5.74, 6) is 0.00286. The molecule has 0 saturated carbocycles. The first-order valence-electron chi connectivity index (χ1n) is 8.82. The Labute approximate surface area is 154 Å². The number of fused-ring (bicyclic) bond motifs is 3. The Morgan fingerprint density at radius 1 is 1.27 bits per heavy atom. The number of aromatic nitrogens is 3. The van der Waals surface area contributed by atoms with Crippen molar-refractivity contribution in [3.05, 3.63) is 35.0 Å². The van der Waals surface area contributed by atoms with Crippen LogP contribution in [-0.2, 0) is 4.79 Å². The molecule has 4 heterocycles. The highest BCUT2D eigenvalue weighted by Crippen LogP contribution is 2.28. The maximum atomic E-state index is 13.1. The van der Waals surface area contributed by atoms with Crippen LogP contribution in [0, 0.1) is 0 Å². The minimum atomic E-state index is -0.513. The minimum absolute atomic E-state index is 0.00286. The molecule has 0 unspecified atom stereocenters. The molecule has 1 aliphatic heterocycles. The number of likely N-dealkylation sites (N-methyl/N-ethyl adjacent to an activating group) is 1. The van der Waals surface area contributed by atoms with Crippen LogP contribution in [0.15, 0.2) is 29.5 Å². The number of hydrogen-bond donors (Lipinski definition) is 0. The molecule has 3 aromatic rings. The second-order valence-corrected chi connectivity index (χ2v) is 7.64. The summed E-state index contributed by atoms with van der Waals surface area (Å²) >= 11 is 1.34. The lowest BCUT2D eigenvalue weighted by atomic mass is 10.1. The first-order chi connectivity index (χ1) is 12.6. The van der Waals surface area contributed by atoms with E-state index in [-0.39, 0.29) is 11.5 Å². The third-order valence-corrected chi connectivity index (χ3v) is 6.09. The van der Waals surface area contributed by atoms with Crippen LogP contribution in [0.5, 0.6) is 0 Å². The maximum absolute atomic E-state index is 13.1. The summed E-state index contributed by atoms with van der Waals surface area (Å²) < 4.78 is 2.06. The maximum Gasteiger partial charge on any atom is 0.272 e. The highest BCUT2D eigenvalue weighted by molar-refractivity contribution is 7.25. The zero-order valence-electron chi connectivity index (χ0n) is 14.9. The summed E-state index contributed by atoms with van der Waals surface area (Å²) in [6, 6.07) is 3.25. The molecule has 4 rings (SSSR count). The third kappa shape index (κ3) is 2.79. The van der Waals surface area contributed by atoms with Crippen LogP contribution >= 0.6 is 11.3 Å². The quantitative estimate of drug-likeness (QED) is 0.701. The van der Waals surface area contributed by atoms with Crippen molar-refractivity contribution in [3.8, 4) is 0 Å². The lowest BCUT2D eigenvalue weighted by Crippen LogP contribution is -2.50. The van der Waals surface area contributed by atoms with Crippen molar-refractivity contribution in [2.24, 2.45) is 0 Å². The number of hydrogen-bond acceptors (Lipinski definition) is 6. The predicted octanol–water partition coefficient (Wildman–Crippen LogP) is 1.73. The number of nitrogens with zero attached hydrogens (tertiary/aromatic N) is 5. The van der Waals surface area contributed by atoms with Gasteiger partial charge >= 0.3 is 0 Å². The lowest BCUT2D eigenvalue weighted by molar-refractivity contribution is -0.136. The molecule has 26 heavy (non-hydrogen) atoms. The van der Waals surface area contributed by atoms with Crippen LogP contribution < -0.4 is 5.56 Å². The predicted molar refractivity (Wildman–Crippen MR) is 103 cm³/mol. The molecular weight excluding hydrogens is 350 g/mol. The van der Waals surface area contributed by atoms with Gasteiger partial charge in [0.2, 0.25) is 5.91 Å². The Morgan fingerprint density at radius 3 is 2.77 bits per heavy atom. The van der Waals surface area contributed by atoms with Crippen LogP contribution in [-0.4, -0.2) is 63.5 Å². The molecule has 0 radical (unpaired) electrons. The molecule has 1 saturated heterocycles. The van der Waals surface area contributed by atoms with Gasteiger partial charge < -0.3 is 9.80 Å². The van der Waals surface area contributed by atoms with Crippen molar-refractivity contribution in [1.82, 2.24) is 24.3 Å². The van der Waals surface area contributed by atoms with Gasteiger partial charge in [0, 0.05) is 37.8 Å². The Kier molecular flexibility index (Phi) is 4.46. The highest BCUT2D eigenvalue weighted by Gasteiger charge is 2.28. The topological polar surface area (TPSA) is 71.3 Å². The van der Waals surface area contributed by atoms with E-state index < -0.39 is 6.04 Å². The standard InChI is InChI=1S/C18H21N5O2S/c1-3-13(17(24)22-9-7-21(2)8-10-22)23-11-20-14-12-5-4-6-19-16(12)26-15(14)18(23)25/h4-6,11,13H,3,7-10H2,1-2H3/t13-/m0/s1. The third-order valence-electron chi connectivity index (χ3n) is 5.00. The Hall–Kier alpha value is -2.32. The molecule has 136 valence electrons. The van der Waals surface area contributed by atoms with Crippen LogP contribution in [0.25, 0.3) is 20.4 Å². The summed E-state index contributed by atoms with van der Waals surface area (Å²) in [6.07, 6.45) is 3.79. The molecule has 8 heteroatoms. The number of carbonyl (C=O) groups excluding carboxylic acids is 1. The summed E-state index contributed by atoms with van der Waals surface area (Å²) in [5, 5.41) is 0.884. The molecule has 1 aliphatic rings. The molecule has 0 aliphatic carbocycles. The molecule has 1 fully saturated rings. The van der Waals surface area contributed by atoms with Crippen molar-refractivity contribution in [3.63, 3.8) is 0 Å². The van der Waals surface area contributed by atoms with Gasteiger partial charge in [-0.25, -0.2) is 9.97 Å². The van der Waals surface area contributed by atoms with E-state index in [1.165, 1.54) is 22.2 Å². The van der Waals surface area contributed by atoms with Gasteiger partial charge in [-0.1, -0.05) is 6.92 Å². The van der Waals surface area contributed by atoms with Crippen molar-refractivity contribution >= 4 is 37.7 Å². The molecule has 0 aromatic carbocycles. The Bertz CT molecular complexity index is 1020. The van der Waals surface area contributed by atoms with Gasteiger partial charge in [0.1, 0.15) is 15.6 Å². The molecule has 7 nitrogen and oxygen atoms in total. The highest BCUT2D eigenvalue weighted by atomic mass is 32.1. The summed E-state index contributed by atoms with van der Waals surface area (Å²) in [5.41, 5.74) is 0.508. The van der Waals surface area contributed by atoms with E-state index in [0.29, 0.717) is 29.7 Å². The van der Waals surface area contributed by atoms with Crippen LogP contribution in [0.2, 0.25) is 0 Å². The van der Waals surface area contributed by atoms with E-state index in [1.54, 1.807) is 6.20 Å². The smallest absolute Gasteiger partial charge is 0.272 e. The van der Waals surface area contributed by atoms with Crippen molar-refractivity contribution in [2.45, 2.75) is 19.4 Å². The molecular formula is C18H21N5O2S. The molecule has 0 bridgehead atoms. The zero-order valence-corrected chi connectivity index (χ0v) is 15.7. The van der Waals surface area contributed by atoms with E-state index >= 15 is 0 Å². The van der Waals surface area contributed by atoms with Crippen molar-refractivity contribution < 1.29 is 4.79 Å². The zero-order chi connectivity index (χ0) is 18.3.